The van der Waals surface area contributed by atoms with Crippen LogP contribution in [0.15, 0.2) is 0 Å². The number of nitrogens with one attached hydrogen (secondary N) is 1. The number of carboxylic acid groups (broad SMARTS) is 1. The zero-order valence-electron chi connectivity index (χ0n) is 9.20. The minimum Gasteiger partial charge on any atom is -0.478 e. The van der Waals surface area contributed by atoms with Crippen LogP contribution in [0.2, 0.25) is 0 Å². The lowest BCUT2D eigenvalue weighted by Gasteiger charge is -2.06. The van der Waals surface area contributed by atoms with Gasteiger partial charge in [0.25, 0.3) is 0 Å². The van der Waals surface area contributed by atoms with Crippen LogP contribution >= 0.6 is 0 Å². The van der Waals surface area contributed by atoms with E-state index in [2.05, 4.69) is 10.2 Å². The molecule has 0 saturated heterocycles. The highest BCUT2D eigenvalue weighted by Crippen LogP contribution is 2.43. The second kappa shape index (κ2) is 3.61. The topological polar surface area (TPSA) is 66.0 Å². The van der Waals surface area contributed by atoms with Crippen molar-refractivity contribution in [2.45, 2.75) is 50.4 Å². The van der Waals surface area contributed by atoms with Crippen molar-refractivity contribution < 1.29 is 9.90 Å². The first-order chi connectivity index (χ1) is 7.77. The van der Waals surface area contributed by atoms with Crippen molar-refractivity contribution in [3.8, 4) is 0 Å². The van der Waals surface area contributed by atoms with Crippen LogP contribution < -0.4 is 0 Å². The molecule has 2 saturated carbocycles. The molecule has 0 bridgehead atoms. The van der Waals surface area contributed by atoms with Crippen LogP contribution in [0.3, 0.4) is 0 Å². The van der Waals surface area contributed by atoms with E-state index in [1.165, 1.54) is 12.8 Å². The Bertz CT molecular complexity index is 415. The molecule has 4 heteroatoms. The van der Waals surface area contributed by atoms with Crippen LogP contribution in [-0.2, 0) is 0 Å². The zero-order chi connectivity index (χ0) is 11.1. The van der Waals surface area contributed by atoms with Gasteiger partial charge in [0.05, 0.1) is 11.4 Å². The number of carboxylic acids is 1. The minimum atomic E-state index is -0.808. The molecule has 0 aliphatic heterocycles. The van der Waals surface area contributed by atoms with Gasteiger partial charge in [-0.1, -0.05) is 12.8 Å². The van der Waals surface area contributed by atoms with E-state index in [1.807, 2.05) is 0 Å². The van der Waals surface area contributed by atoms with Gasteiger partial charge in [-0.25, -0.2) is 4.79 Å². The molecule has 2 fully saturated rings. The summed E-state index contributed by atoms with van der Waals surface area (Å²) >= 11 is 0. The number of H-pyrrole nitrogens is 1. The van der Waals surface area contributed by atoms with Gasteiger partial charge in [-0.3, -0.25) is 5.10 Å². The van der Waals surface area contributed by atoms with Crippen molar-refractivity contribution in [3.63, 3.8) is 0 Å². The maximum Gasteiger partial charge on any atom is 0.339 e. The molecular weight excluding hydrogens is 204 g/mol. The molecule has 86 valence electrons. The minimum absolute atomic E-state index is 0.370. The molecule has 2 aliphatic rings. The average molecular weight is 220 g/mol. The second-order valence-corrected chi connectivity index (χ2v) is 4.96. The van der Waals surface area contributed by atoms with Gasteiger partial charge >= 0.3 is 5.97 Å². The second-order valence-electron chi connectivity index (χ2n) is 4.96. The first kappa shape index (κ1) is 9.87. The van der Waals surface area contributed by atoms with Crippen LogP contribution in [0.5, 0.6) is 0 Å². The number of hydrogen-bond acceptors (Lipinski definition) is 2. The third-order valence-corrected chi connectivity index (χ3v) is 3.76. The SMILES string of the molecule is O=C(O)c1c(C2CCCC2)n[nH]c1C1CC1. The van der Waals surface area contributed by atoms with E-state index in [-0.39, 0.29) is 0 Å². The summed E-state index contributed by atoms with van der Waals surface area (Å²) in [4.78, 5) is 11.3. The van der Waals surface area contributed by atoms with Crippen LogP contribution in [0, 0.1) is 0 Å². The van der Waals surface area contributed by atoms with Crippen molar-refractivity contribution in [1.82, 2.24) is 10.2 Å². The van der Waals surface area contributed by atoms with Crippen LogP contribution in [0.1, 0.15) is 72.1 Å². The summed E-state index contributed by atoms with van der Waals surface area (Å²) in [6, 6.07) is 0. The van der Waals surface area contributed by atoms with Gasteiger partial charge < -0.3 is 5.11 Å². The Morgan fingerprint density at radius 2 is 1.88 bits per heavy atom. The fraction of sp³-hybridized carbons (Fsp3) is 0.667. The predicted octanol–water partition coefficient (Wildman–Crippen LogP) is 2.64. The Labute approximate surface area is 94.1 Å². The van der Waals surface area contributed by atoms with E-state index in [9.17, 15) is 9.90 Å². The van der Waals surface area contributed by atoms with Crippen molar-refractivity contribution in [2.24, 2.45) is 0 Å². The lowest BCUT2D eigenvalue weighted by molar-refractivity contribution is 0.0694. The quantitative estimate of drug-likeness (QED) is 0.822. The highest BCUT2D eigenvalue weighted by atomic mass is 16.4. The van der Waals surface area contributed by atoms with Gasteiger partial charge in [0.15, 0.2) is 0 Å². The maximum atomic E-state index is 11.3. The number of aromatic nitrogens is 2. The first-order valence-electron chi connectivity index (χ1n) is 6.09. The third kappa shape index (κ3) is 1.52. The lowest BCUT2D eigenvalue weighted by atomic mass is 9.98. The first-order valence-corrected chi connectivity index (χ1v) is 6.09. The Morgan fingerprint density at radius 1 is 1.19 bits per heavy atom. The van der Waals surface area contributed by atoms with Gasteiger partial charge in [0, 0.05) is 11.8 Å². The van der Waals surface area contributed by atoms with Crippen LogP contribution in [-0.4, -0.2) is 21.3 Å². The zero-order valence-corrected chi connectivity index (χ0v) is 9.20. The van der Waals surface area contributed by atoms with E-state index in [1.54, 1.807) is 0 Å². The third-order valence-electron chi connectivity index (χ3n) is 3.76. The molecule has 0 atom stereocenters. The summed E-state index contributed by atoms with van der Waals surface area (Å²) in [6.07, 6.45) is 6.80. The Morgan fingerprint density at radius 3 is 2.44 bits per heavy atom. The number of aromatic carboxylic acids is 1. The molecule has 1 aromatic rings. The number of nitrogens with zero attached hydrogens (tertiary/aromatic N) is 1. The largest absolute Gasteiger partial charge is 0.478 e. The van der Waals surface area contributed by atoms with Gasteiger partial charge in [0.1, 0.15) is 5.56 Å². The van der Waals surface area contributed by atoms with Gasteiger partial charge in [-0.2, -0.15) is 5.10 Å². The molecule has 4 nitrogen and oxygen atoms in total. The highest BCUT2D eigenvalue weighted by Gasteiger charge is 2.34. The summed E-state index contributed by atoms with van der Waals surface area (Å²) in [7, 11) is 0. The smallest absolute Gasteiger partial charge is 0.339 e. The molecule has 3 rings (SSSR count). The van der Waals surface area contributed by atoms with Gasteiger partial charge in [0.2, 0.25) is 0 Å². The number of hydrogen-bond donors (Lipinski definition) is 2. The molecule has 0 spiro atoms. The molecule has 1 heterocycles. The summed E-state index contributed by atoms with van der Waals surface area (Å²) in [5.41, 5.74) is 2.16. The van der Waals surface area contributed by atoms with Crippen molar-refractivity contribution >= 4 is 5.97 Å². The monoisotopic (exact) mass is 220 g/mol. The summed E-state index contributed by atoms with van der Waals surface area (Å²) < 4.78 is 0. The molecule has 16 heavy (non-hydrogen) atoms. The van der Waals surface area contributed by atoms with Crippen molar-refractivity contribution in [1.29, 1.82) is 0 Å². The molecule has 0 amide bonds. The predicted molar refractivity (Wildman–Crippen MR) is 58.7 cm³/mol. The van der Waals surface area contributed by atoms with E-state index in [4.69, 9.17) is 0 Å². The van der Waals surface area contributed by atoms with E-state index in [0.29, 0.717) is 17.4 Å². The van der Waals surface area contributed by atoms with Crippen molar-refractivity contribution in [2.75, 3.05) is 0 Å². The standard InChI is InChI=1S/C12H16N2O2/c15-12(16)9-10(7-3-1-2-4-7)13-14-11(9)8-5-6-8/h7-8H,1-6H2,(H,13,14)(H,15,16). The number of rotatable bonds is 3. The van der Waals surface area contributed by atoms with E-state index in [0.717, 1.165) is 37.1 Å². The molecule has 0 unspecified atom stereocenters. The molecule has 2 aliphatic carbocycles. The van der Waals surface area contributed by atoms with E-state index < -0.39 is 5.97 Å². The van der Waals surface area contributed by atoms with E-state index >= 15 is 0 Å². The Balaban J connectivity index is 1.99. The fourth-order valence-corrected chi connectivity index (χ4v) is 2.76. The molecular formula is C12H16N2O2. The summed E-state index contributed by atoms with van der Waals surface area (Å²) in [6.45, 7) is 0. The highest BCUT2D eigenvalue weighted by molar-refractivity contribution is 5.90. The molecule has 2 N–H and O–H groups in total. The average Bonchev–Trinajstić information content (AvgIpc) is 2.83. The lowest BCUT2D eigenvalue weighted by Crippen LogP contribution is -2.05. The van der Waals surface area contributed by atoms with Crippen molar-refractivity contribution in [3.05, 3.63) is 17.0 Å². The van der Waals surface area contributed by atoms with Crippen LogP contribution in [0.4, 0.5) is 0 Å². The van der Waals surface area contributed by atoms with Gasteiger partial charge in [-0.15, -0.1) is 0 Å². The van der Waals surface area contributed by atoms with Crippen LogP contribution in [0.25, 0.3) is 0 Å². The Hall–Kier alpha value is -1.32. The summed E-state index contributed by atoms with van der Waals surface area (Å²) in [5, 5.41) is 16.6. The number of carbonyl (C=O) groups is 1. The summed E-state index contributed by atoms with van der Waals surface area (Å²) in [5.74, 6) is -0.0128. The van der Waals surface area contributed by atoms with Gasteiger partial charge in [-0.05, 0) is 25.7 Å². The normalized spacial score (nSPS) is 21.5. The fourth-order valence-electron chi connectivity index (χ4n) is 2.76. The molecule has 0 radical (unpaired) electrons. The Kier molecular flexibility index (Phi) is 2.23. The maximum absolute atomic E-state index is 11.3. The number of aromatic amines is 1. The molecule has 1 aromatic heterocycles. The molecule has 0 aromatic carbocycles.